The molecule has 0 saturated carbocycles. The molecule has 2 aromatic rings. The van der Waals surface area contributed by atoms with Crippen LogP contribution in [-0.2, 0) is 16.0 Å². The van der Waals surface area contributed by atoms with Gasteiger partial charge in [-0.25, -0.2) is 4.39 Å². The van der Waals surface area contributed by atoms with Gasteiger partial charge in [0.2, 0.25) is 0 Å². The van der Waals surface area contributed by atoms with Crippen molar-refractivity contribution in [2.24, 2.45) is 0 Å². The second-order valence-electron chi connectivity index (χ2n) is 4.17. The highest BCUT2D eigenvalue weighted by Crippen LogP contribution is 2.17. The quantitative estimate of drug-likeness (QED) is 0.706. The normalized spacial score (nSPS) is 11.2. The summed E-state index contributed by atoms with van der Waals surface area (Å²) < 4.78 is 25.5. The summed E-state index contributed by atoms with van der Waals surface area (Å²) >= 11 is 0. The van der Waals surface area contributed by atoms with Gasteiger partial charge in [0.25, 0.3) is 0 Å². The number of aryl methyl sites for hydroxylation is 1. The molecule has 4 heteroatoms. The lowest BCUT2D eigenvalue weighted by Crippen LogP contribution is -2.05. The van der Waals surface area contributed by atoms with Crippen molar-refractivity contribution < 1.29 is 13.9 Å². The molecule has 0 N–H and O–H groups in total. The van der Waals surface area contributed by atoms with E-state index in [-0.39, 0.29) is 5.82 Å². The van der Waals surface area contributed by atoms with E-state index in [0.717, 1.165) is 23.9 Å². The molecule has 98 valence electrons. The third kappa shape index (κ3) is 3.31. The van der Waals surface area contributed by atoms with Gasteiger partial charge in [-0.3, -0.25) is 0 Å². The molecule has 0 unspecified atom stereocenters. The topological polar surface area (TPSA) is 23.4 Å². The van der Waals surface area contributed by atoms with Gasteiger partial charge in [0.1, 0.15) is 5.82 Å². The van der Waals surface area contributed by atoms with Crippen LogP contribution in [0.25, 0.3) is 10.9 Å². The number of aromatic nitrogens is 1. The average Bonchev–Trinajstić information content (AvgIpc) is 2.76. The van der Waals surface area contributed by atoms with Crippen LogP contribution in [0.2, 0.25) is 0 Å². The summed E-state index contributed by atoms with van der Waals surface area (Å²) in [6, 6.07) is 6.80. The molecule has 1 aromatic carbocycles. The van der Waals surface area contributed by atoms with Crippen LogP contribution in [-0.4, -0.2) is 31.5 Å². The number of rotatable bonds is 7. The number of benzene rings is 1. The highest BCUT2D eigenvalue weighted by atomic mass is 19.1. The molecule has 0 fully saturated rings. The summed E-state index contributed by atoms with van der Waals surface area (Å²) in [5, 5.41) is 0.940. The molecular formula is C14H18FNO2. The van der Waals surface area contributed by atoms with Crippen LogP contribution >= 0.6 is 0 Å². The maximum atomic E-state index is 13.0. The first-order chi connectivity index (χ1) is 8.81. The van der Waals surface area contributed by atoms with E-state index in [0.29, 0.717) is 19.8 Å². The van der Waals surface area contributed by atoms with E-state index in [1.54, 1.807) is 13.2 Å². The van der Waals surface area contributed by atoms with Gasteiger partial charge in [-0.1, -0.05) is 0 Å². The predicted octanol–water partition coefficient (Wildman–Crippen LogP) is 2.83. The fourth-order valence-electron chi connectivity index (χ4n) is 1.95. The fourth-order valence-corrected chi connectivity index (χ4v) is 1.95. The van der Waals surface area contributed by atoms with Crippen LogP contribution in [0.15, 0.2) is 30.5 Å². The molecular weight excluding hydrogens is 233 g/mol. The van der Waals surface area contributed by atoms with Crippen molar-refractivity contribution in [2.75, 3.05) is 26.9 Å². The minimum absolute atomic E-state index is 0.192. The van der Waals surface area contributed by atoms with E-state index in [4.69, 9.17) is 9.47 Å². The first-order valence-corrected chi connectivity index (χ1v) is 6.12. The monoisotopic (exact) mass is 251 g/mol. The highest BCUT2D eigenvalue weighted by molar-refractivity contribution is 5.80. The number of fused-ring (bicyclic) bond motifs is 1. The first kappa shape index (κ1) is 13.1. The third-order valence-electron chi connectivity index (χ3n) is 2.85. The lowest BCUT2D eigenvalue weighted by Gasteiger charge is -2.06. The van der Waals surface area contributed by atoms with E-state index in [9.17, 15) is 4.39 Å². The van der Waals surface area contributed by atoms with Gasteiger partial charge < -0.3 is 14.0 Å². The molecule has 0 saturated heterocycles. The highest BCUT2D eigenvalue weighted by Gasteiger charge is 2.01. The van der Waals surface area contributed by atoms with Crippen molar-refractivity contribution >= 4 is 10.9 Å². The van der Waals surface area contributed by atoms with Gasteiger partial charge in [-0.05, 0) is 30.7 Å². The molecule has 1 aromatic heterocycles. The fraction of sp³-hybridized carbons (Fsp3) is 0.429. The summed E-state index contributed by atoms with van der Waals surface area (Å²) in [4.78, 5) is 0. The zero-order chi connectivity index (χ0) is 12.8. The molecule has 0 aliphatic heterocycles. The lowest BCUT2D eigenvalue weighted by molar-refractivity contribution is 0.0681. The SMILES string of the molecule is COCCOCCCn1ccc2cc(F)ccc21. The number of hydrogen-bond donors (Lipinski definition) is 0. The van der Waals surface area contributed by atoms with Gasteiger partial charge in [0.05, 0.1) is 13.2 Å². The van der Waals surface area contributed by atoms with Crippen molar-refractivity contribution in [3.05, 3.63) is 36.3 Å². The second-order valence-corrected chi connectivity index (χ2v) is 4.17. The van der Waals surface area contributed by atoms with Crippen LogP contribution < -0.4 is 0 Å². The van der Waals surface area contributed by atoms with Crippen molar-refractivity contribution in [2.45, 2.75) is 13.0 Å². The molecule has 0 spiro atoms. The van der Waals surface area contributed by atoms with Crippen LogP contribution in [0.1, 0.15) is 6.42 Å². The van der Waals surface area contributed by atoms with Crippen molar-refractivity contribution in [1.29, 1.82) is 0 Å². The Bertz CT molecular complexity index is 495. The summed E-state index contributed by atoms with van der Waals surface area (Å²) in [5.41, 5.74) is 1.06. The Morgan fingerprint density at radius 2 is 2.06 bits per heavy atom. The van der Waals surface area contributed by atoms with Crippen LogP contribution in [0.4, 0.5) is 4.39 Å². The van der Waals surface area contributed by atoms with Crippen molar-refractivity contribution in [1.82, 2.24) is 4.57 Å². The van der Waals surface area contributed by atoms with E-state index >= 15 is 0 Å². The Balaban J connectivity index is 1.84. The van der Waals surface area contributed by atoms with Gasteiger partial charge >= 0.3 is 0 Å². The summed E-state index contributed by atoms with van der Waals surface area (Å²) in [6.07, 6.45) is 2.92. The number of halogens is 1. The Kier molecular flexibility index (Phi) is 4.73. The molecule has 0 bridgehead atoms. The smallest absolute Gasteiger partial charge is 0.123 e. The standard InChI is InChI=1S/C14H18FNO2/c1-17-9-10-18-8-2-6-16-7-5-12-11-13(15)3-4-14(12)16/h3-5,7,11H,2,6,8-10H2,1H3. The zero-order valence-corrected chi connectivity index (χ0v) is 10.6. The van der Waals surface area contributed by atoms with Crippen LogP contribution in [0.5, 0.6) is 0 Å². The Morgan fingerprint density at radius 3 is 2.89 bits per heavy atom. The van der Waals surface area contributed by atoms with Crippen molar-refractivity contribution in [3.63, 3.8) is 0 Å². The average molecular weight is 251 g/mol. The molecule has 18 heavy (non-hydrogen) atoms. The predicted molar refractivity (Wildman–Crippen MR) is 69.2 cm³/mol. The molecule has 0 amide bonds. The van der Waals surface area contributed by atoms with Gasteiger partial charge in [-0.2, -0.15) is 0 Å². The maximum Gasteiger partial charge on any atom is 0.123 e. The van der Waals surface area contributed by atoms with E-state index in [2.05, 4.69) is 4.57 Å². The molecule has 0 aliphatic rings. The largest absolute Gasteiger partial charge is 0.382 e. The Morgan fingerprint density at radius 1 is 1.17 bits per heavy atom. The molecule has 0 atom stereocenters. The van der Waals surface area contributed by atoms with Crippen LogP contribution in [0, 0.1) is 5.82 Å². The minimum Gasteiger partial charge on any atom is -0.382 e. The lowest BCUT2D eigenvalue weighted by atomic mass is 10.2. The summed E-state index contributed by atoms with van der Waals surface area (Å²) in [5.74, 6) is -0.192. The van der Waals surface area contributed by atoms with Crippen LogP contribution in [0.3, 0.4) is 0 Å². The summed E-state index contributed by atoms with van der Waals surface area (Å²) in [7, 11) is 1.66. The maximum absolute atomic E-state index is 13.0. The van der Waals surface area contributed by atoms with E-state index < -0.39 is 0 Å². The van der Waals surface area contributed by atoms with Gasteiger partial charge in [-0.15, -0.1) is 0 Å². The molecule has 0 radical (unpaired) electrons. The first-order valence-electron chi connectivity index (χ1n) is 6.12. The van der Waals surface area contributed by atoms with Gasteiger partial charge in [0, 0.05) is 37.4 Å². The Hall–Kier alpha value is -1.39. The number of ether oxygens (including phenoxy) is 2. The summed E-state index contributed by atoms with van der Waals surface area (Å²) in [6.45, 7) is 2.85. The van der Waals surface area contributed by atoms with Crippen molar-refractivity contribution in [3.8, 4) is 0 Å². The number of hydrogen-bond acceptors (Lipinski definition) is 2. The second kappa shape index (κ2) is 6.52. The number of nitrogens with zero attached hydrogens (tertiary/aromatic N) is 1. The Labute approximate surface area is 106 Å². The van der Waals surface area contributed by atoms with E-state index in [1.807, 2.05) is 18.3 Å². The molecule has 0 aliphatic carbocycles. The molecule has 2 rings (SSSR count). The molecule has 3 nitrogen and oxygen atoms in total. The third-order valence-corrected chi connectivity index (χ3v) is 2.85. The molecule has 1 heterocycles. The van der Waals surface area contributed by atoms with Gasteiger partial charge in [0.15, 0.2) is 0 Å². The minimum atomic E-state index is -0.192. The number of methoxy groups -OCH3 is 1. The zero-order valence-electron chi connectivity index (χ0n) is 10.6. The van der Waals surface area contributed by atoms with E-state index in [1.165, 1.54) is 6.07 Å².